The summed E-state index contributed by atoms with van der Waals surface area (Å²) in [6, 6.07) is 9.65. The summed E-state index contributed by atoms with van der Waals surface area (Å²) >= 11 is 0. The summed E-state index contributed by atoms with van der Waals surface area (Å²) in [6.07, 6.45) is -5.38. The molecule has 0 aliphatic rings. The van der Waals surface area contributed by atoms with Gasteiger partial charge in [0.25, 0.3) is 0 Å². The summed E-state index contributed by atoms with van der Waals surface area (Å²) in [5, 5.41) is 3.49. The van der Waals surface area contributed by atoms with Crippen molar-refractivity contribution in [2.75, 3.05) is 11.9 Å². The third kappa shape index (κ3) is 4.90. The highest BCUT2D eigenvalue weighted by molar-refractivity contribution is 5.94. The van der Waals surface area contributed by atoms with Crippen molar-refractivity contribution in [2.45, 2.75) is 18.8 Å². The van der Waals surface area contributed by atoms with Crippen LogP contribution in [0.4, 0.5) is 28.0 Å². The van der Waals surface area contributed by atoms with E-state index in [1.54, 1.807) is 0 Å². The Morgan fingerprint density at radius 2 is 1.71 bits per heavy atom. The second-order valence-corrected chi connectivity index (χ2v) is 5.40. The van der Waals surface area contributed by atoms with E-state index < -0.39 is 29.7 Å². The van der Waals surface area contributed by atoms with Gasteiger partial charge in [0, 0.05) is 5.69 Å². The molecule has 0 unspecified atom stereocenters. The number of anilines is 1. The molecule has 2 amide bonds. The van der Waals surface area contributed by atoms with Gasteiger partial charge in [0.2, 0.25) is 0 Å². The maximum atomic E-state index is 13.9. The van der Waals surface area contributed by atoms with Crippen molar-refractivity contribution in [3.8, 4) is 5.75 Å². The summed E-state index contributed by atoms with van der Waals surface area (Å²) < 4.78 is 64.2. The van der Waals surface area contributed by atoms with Crippen molar-refractivity contribution in [1.82, 2.24) is 5.32 Å². The molecular weight excluding hydrogens is 384 g/mol. The molecule has 28 heavy (non-hydrogen) atoms. The highest BCUT2D eigenvalue weighted by Gasteiger charge is 2.66. The molecule has 150 valence electrons. The number of urea groups is 1. The first-order valence-corrected chi connectivity index (χ1v) is 8.00. The molecule has 0 radical (unpaired) electrons. The number of amides is 2. The lowest BCUT2D eigenvalue weighted by molar-refractivity contribution is -0.259. The van der Waals surface area contributed by atoms with Crippen LogP contribution in [0, 0.1) is 5.82 Å². The summed E-state index contributed by atoms with van der Waals surface area (Å²) in [5.74, 6) is -2.91. The number of nitrogens with one attached hydrogen (secondary N) is 2. The maximum Gasteiger partial charge on any atom is 0.460 e. The van der Waals surface area contributed by atoms with Crippen molar-refractivity contribution in [2.24, 2.45) is 0 Å². The van der Waals surface area contributed by atoms with Crippen molar-refractivity contribution in [1.29, 1.82) is 0 Å². The predicted octanol–water partition coefficient (Wildman–Crippen LogP) is 3.85. The van der Waals surface area contributed by atoms with Crippen LogP contribution < -0.4 is 15.4 Å². The van der Waals surface area contributed by atoms with Crippen molar-refractivity contribution >= 4 is 17.7 Å². The van der Waals surface area contributed by atoms with Gasteiger partial charge in [-0.15, -0.1) is 0 Å². The van der Waals surface area contributed by atoms with Crippen LogP contribution in [-0.4, -0.2) is 30.5 Å². The lowest BCUT2D eigenvalue weighted by atomic mass is 10.2. The molecule has 0 spiro atoms. The fourth-order valence-electron chi connectivity index (χ4n) is 2.15. The van der Waals surface area contributed by atoms with E-state index in [2.05, 4.69) is 4.74 Å². The second kappa shape index (κ2) is 8.59. The number of hydrogen-bond acceptors (Lipinski definition) is 4. The van der Waals surface area contributed by atoms with Gasteiger partial charge in [-0.1, -0.05) is 24.3 Å². The van der Waals surface area contributed by atoms with Gasteiger partial charge in [0.15, 0.2) is 0 Å². The monoisotopic (exact) mass is 400 g/mol. The van der Waals surface area contributed by atoms with E-state index in [1.165, 1.54) is 54.7 Å². The average Bonchev–Trinajstić information content (AvgIpc) is 2.61. The normalized spacial score (nSPS) is 13.2. The minimum atomic E-state index is -5.38. The van der Waals surface area contributed by atoms with Crippen LogP contribution in [0.15, 0.2) is 54.6 Å². The molecule has 1 atom stereocenters. The average molecular weight is 400 g/mol. The van der Waals surface area contributed by atoms with Gasteiger partial charge in [-0.25, -0.2) is 14.0 Å². The second-order valence-electron chi connectivity index (χ2n) is 5.40. The molecule has 0 aliphatic heterocycles. The van der Waals surface area contributed by atoms with E-state index in [-0.39, 0.29) is 18.0 Å². The highest BCUT2D eigenvalue weighted by atomic mass is 19.4. The lowest BCUT2D eigenvalue weighted by Gasteiger charge is -2.33. The summed E-state index contributed by atoms with van der Waals surface area (Å²) in [4.78, 5) is 24.3. The summed E-state index contributed by atoms with van der Waals surface area (Å²) in [6.45, 7) is 0.913. The Labute approximate surface area is 157 Å². The first-order chi connectivity index (χ1) is 13.2. The predicted molar refractivity (Wildman–Crippen MR) is 91.0 cm³/mol. The standard InChI is InChI=1S/C18H16F4N2O4/c1-2-27-15(25)17(18(20,21)22,28-14-9-4-3-5-10-14)24-16(26)23-13-8-6-7-12(19)11-13/h3-11H,2H2,1H3,(H2,23,24,26)/t17-/m0/s1. The van der Waals surface area contributed by atoms with Gasteiger partial charge in [-0.2, -0.15) is 13.2 Å². The Morgan fingerprint density at radius 1 is 1.04 bits per heavy atom. The first kappa shape index (κ1) is 21.0. The third-order valence-corrected chi connectivity index (χ3v) is 3.35. The van der Waals surface area contributed by atoms with Gasteiger partial charge in [0.05, 0.1) is 6.61 Å². The number of halogens is 4. The number of carbonyl (C=O) groups excluding carboxylic acids is 2. The first-order valence-electron chi connectivity index (χ1n) is 8.00. The zero-order chi connectivity index (χ0) is 20.8. The zero-order valence-corrected chi connectivity index (χ0v) is 14.5. The van der Waals surface area contributed by atoms with Crippen LogP contribution in [0.3, 0.4) is 0 Å². The highest BCUT2D eigenvalue weighted by Crippen LogP contribution is 2.34. The molecular formula is C18H16F4N2O4. The van der Waals surface area contributed by atoms with Crippen LogP contribution in [0.2, 0.25) is 0 Å². The molecule has 0 saturated carbocycles. The molecule has 2 aromatic rings. The SMILES string of the molecule is CCOC(=O)[C@](NC(=O)Nc1cccc(F)c1)(Oc1ccccc1)C(F)(F)F. The molecule has 2 N–H and O–H groups in total. The van der Waals surface area contributed by atoms with Gasteiger partial charge in [0.1, 0.15) is 11.6 Å². The smallest absolute Gasteiger partial charge is 0.460 e. The van der Waals surface area contributed by atoms with Gasteiger partial charge in [-0.3, -0.25) is 5.32 Å². The number of carbonyl (C=O) groups is 2. The van der Waals surface area contributed by atoms with E-state index >= 15 is 0 Å². The van der Waals surface area contributed by atoms with Crippen molar-refractivity contribution < 1.29 is 36.6 Å². The Balaban J connectivity index is 2.37. The number of ether oxygens (including phenoxy) is 2. The quantitative estimate of drug-likeness (QED) is 0.439. The largest absolute Gasteiger partial charge is 0.461 e. The maximum absolute atomic E-state index is 13.9. The van der Waals surface area contributed by atoms with Crippen molar-refractivity contribution in [3.63, 3.8) is 0 Å². The Bertz CT molecular complexity index is 830. The number of rotatable bonds is 6. The number of alkyl halides is 3. The Morgan fingerprint density at radius 3 is 2.29 bits per heavy atom. The number of hydrogen-bond donors (Lipinski definition) is 2. The van der Waals surface area contributed by atoms with Crippen LogP contribution in [0.25, 0.3) is 0 Å². The van der Waals surface area contributed by atoms with E-state index in [4.69, 9.17) is 4.74 Å². The van der Waals surface area contributed by atoms with Crippen LogP contribution in [-0.2, 0) is 9.53 Å². The fourth-order valence-corrected chi connectivity index (χ4v) is 2.15. The van der Waals surface area contributed by atoms with Crippen LogP contribution >= 0.6 is 0 Å². The minimum absolute atomic E-state index is 0.128. The molecule has 2 aromatic carbocycles. The van der Waals surface area contributed by atoms with E-state index in [9.17, 15) is 27.2 Å². The molecule has 0 fully saturated rings. The Kier molecular flexibility index (Phi) is 6.45. The van der Waals surface area contributed by atoms with E-state index in [0.29, 0.717) is 0 Å². The summed E-state index contributed by atoms with van der Waals surface area (Å²) in [5.41, 5.74) is -3.95. The molecule has 0 aliphatic carbocycles. The van der Waals surface area contributed by atoms with Crippen molar-refractivity contribution in [3.05, 3.63) is 60.4 Å². The lowest BCUT2D eigenvalue weighted by Crippen LogP contribution is -2.69. The Hall–Kier alpha value is -3.30. The molecule has 6 nitrogen and oxygen atoms in total. The molecule has 0 heterocycles. The number of para-hydroxylation sites is 1. The van der Waals surface area contributed by atoms with Gasteiger partial charge >= 0.3 is 23.9 Å². The topological polar surface area (TPSA) is 76.7 Å². The molecule has 0 bridgehead atoms. The molecule has 2 rings (SSSR count). The molecule has 10 heteroatoms. The van der Waals surface area contributed by atoms with Crippen LogP contribution in [0.5, 0.6) is 5.75 Å². The molecule has 0 saturated heterocycles. The van der Waals surface area contributed by atoms with Crippen LogP contribution in [0.1, 0.15) is 6.92 Å². The third-order valence-electron chi connectivity index (χ3n) is 3.35. The number of esters is 1. The minimum Gasteiger partial charge on any atom is -0.461 e. The fraction of sp³-hybridized carbons (Fsp3) is 0.222. The summed E-state index contributed by atoms with van der Waals surface area (Å²) in [7, 11) is 0. The zero-order valence-electron chi connectivity index (χ0n) is 14.5. The van der Waals surface area contributed by atoms with E-state index in [1.807, 2.05) is 5.32 Å². The number of benzene rings is 2. The van der Waals surface area contributed by atoms with E-state index in [0.717, 1.165) is 12.1 Å². The van der Waals surface area contributed by atoms with Gasteiger partial charge in [-0.05, 0) is 37.3 Å². The van der Waals surface area contributed by atoms with Gasteiger partial charge < -0.3 is 14.8 Å². The molecule has 0 aromatic heterocycles.